The fourth-order valence-electron chi connectivity index (χ4n) is 2.38. The van der Waals surface area contributed by atoms with Crippen LogP contribution in [0.25, 0.3) is 10.9 Å². The second-order valence-electron chi connectivity index (χ2n) is 5.30. The first-order chi connectivity index (χ1) is 12.4. The Kier molecular flexibility index (Phi) is 4.81. The number of pyridine rings is 1. The number of esters is 1. The highest BCUT2D eigenvalue weighted by atomic mass is 32.1. The Morgan fingerprint density at radius 2 is 2.15 bits per heavy atom. The maximum Gasteiger partial charge on any atom is 0.350 e. The van der Waals surface area contributed by atoms with Gasteiger partial charge in [0, 0.05) is 11.6 Å². The molecule has 0 aliphatic rings. The van der Waals surface area contributed by atoms with E-state index in [-0.39, 0.29) is 33.1 Å². The van der Waals surface area contributed by atoms with Crippen LogP contribution in [0.1, 0.15) is 32.6 Å². The number of hydrogen-bond donors (Lipinski definition) is 2. The van der Waals surface area contributed by atoms with E-state index in [1.54, 1.807) is 13.8 Å². The van der Waals surface area contributed by atoms with Crippen LogP contribution in [0.3, 0.4) is 0 Å². The lowest BCUT2D eigenvalue weighted by atomic mass is 10.1. The lowest BCUT2D eigenvalue weighted by Crippen LogP contribution is -2.22. The van der Waals surface area contributed by atoms with Crippen LogP contribution < -0.4 is 10.7 Å². The van der Waals surface area contributed by atoms with Crippen LogP contribution in [0.15, 0.2) is 29.2 Å². The van der Waals surface area contributed by atoms with Gasteiger partial charge >= 0.3 is 5.97 Å². The Morgan fingerprint density at radius 3 is 2.88 bits per heavy atom. The summed E-state index contributed by atoms with van der Waals surface area (Å²) < 4.78 is 18.6. The highest BCUT2D eigenvalue weighted by Crippen LogP contribution is 2.24. The molecule has 7 nitrogen and oxygen atoms in total. The smallest absolute Gasteiger partial charge is 0.350 e. The Balaban J connectivity index is 1.91. The van der Waals surface area contributed by atoms with E-state index in [2.05, 4.69) is 15.3 Å². The summed E-state index contributed by atoms with van der Waals surface area (Å²) in [4.78, 5) is 43.7. The number of nitrogens with one attached hydrogen (secondary N) is 2. The first-order valence-electron chi connectivity index (χ1n) is 7.68. The van der Waals surface area contributed by atoms with Crippen molar-refractivity contribution in [1.29, 1.82) is 0 Å². The fraction of sp³-hybridized carbons (Fsp3) is 0.176. The summed E-state index contributed by atoms with van der Waals surface area (Å²) in [6.45, 7) is 3.52. The van der Waals surface area contributed by atoms with Crippen LogP contribution in [0.5, 0.6) is 0 Å². The molecule has 0 unspecified atom stereocenters. The molecule has 0 bridgehead atoms. The van der Waals surface area contributed by atoms with Gasteiger partial charge in [0.2, 0.25) is 5.43 Å². The number of aromatic amines is 1. The van der Waals surface area contributed by atoms with Gasteiger partial charge in [-0.3, -0.25) is 14.9 Å². The van der Waals surface area contributed by atoms with Crippen LogP contribution in [-0.4, -0.2) is 28.5 Å². The first kappa shape index (κ1) is 17.7. The molecule has 26 heavy (non-hydrogen) atoms. The van der Waals surface area contributed by atoms with Gasteiger partial charge in [-0.25, -0.2) is 14.2 Å². The molecule has 0 aliphatic heterocycles. The van der Waals surface area contributed by atoms with Gasteiger partial charge in [0.05, 0.1) is 17.8 Å². The highest BCUT2D eigenvalue weighted by molar-refractivity contribution is 7.17. The quantitative estimate of drug-likeness (QED) is 0.683. The third-order valence-corrected chi connectivity index (χ3v) is 4.64. The number of aryl methyl sites for hydroxylation is 1. The summed E-state index contributed by atoms with van der Waals surface area (Å²) in [5.41, 5.74) is -0.342. The number of carbonyl (C=O) groups excluding carboxylic acids is 2. The average Bonchev–Trinajstić information content (AvgIpc) is 2.96. The fourth-order valence-corrected chi connectivity index (χ4v) is 3.24. The molecule has 0 saturated carbocycles. The Hall–Kier alpha value is -3.07. The van der Waals surface area contributed by atoms with Gasteiger partial charge in [0.25, 0.3) is 5.91 Å². The molecule has 1 aromatic carbocycles. The predicted octanol–water partition coefficient (Wildman–Crippen LogP) is 2.86. The predicted molar refractivity (Wildman–Crippen MR) is 95.3 cm³/mol. The molecule has 9 heteroatoms. The molecule has 2 heterocycles. The SMILES string of the molecule is CCOC(=O)c1sc(NC(=O)c2c[nH]c3c(F)cccc3c2=O)nc1C. The summed E-state index contributed by atoms with van der Waals surface area (Å²) >= 11 is 0.953. The summed E-state index contributed by atoms with van der Waals surface area (Å²) in [7, 11) is 0. The molecule has 3 aromatic rings. The van der Waals surface area contributed by atoms with Crippen molar-refractivity contribution in [3.05, 3.63) is 56.6 Å². The number of aromatic nitrogens is 2. The number of para-hydroxylation sites is 1. The molecule has 0 atom stereocenters. The Labute approximate surface area is 150 Å². The Morgan fingerprint density at radius 1 is 1.38 bits per heavy atom. The summed E-state index contributed by atoms with van der Waals surface area (Å²) in [5.74, 6) is -1.82. The van der Waals surface area contributed by atoms with Crippen molar-refractivity contribution < 1.29 is 18.7 Å². The number of nitrogens with zero attached hydrogens (tertiary/aromatic N) is 1. The summed E-state index contributed by atoms with van der Waals surface area (Å²) in [5, 5.41) is 2.71. The number of thiazole rings is 1. The van der Waals surface area contributed by atoms with Gasteiger partial charge in [-0.2, -0.15) is 0 Å². The van der Waals surface area contributed by atoms with Gasteiger partial charge < -0.3 is 9.72 Å². The minimum absolute atomic E-state index is 0.0312. The number of carbonyl (C=O) groups is 2. The third-order valence-electron chi connectivity index (χ3n) is 3.59. The van der Waals surface area contributed by atoms with Crippen LogP contribution in [0.4, 0.5) is 9.52 Å². The molecule has 0 radical (unpaired) electrons. The van der Waals surface area contributed by atoms with E-state index in [1.807, 2.05) is 0 Å². The van der Waals surface area contributed by atoms with Crippen molar-refractivity contribution in [3.8, 4) is 0 Å². The number of benzene rings is 1. The van der Waals surface area contributed by atoms with Crippen molar-refractivity contribution in [1.82, 2.24) is 9.97 Å². The number of halogens is 1. The molecular formula is C17H14FN3O4S. The first-order valence-corrected chi connectivity index (χ1v) is 8.49. The van der Waals surface area contributed by atoms with Gasteiger partial charge in [0.15, 0.2) is 5.13 Å². The highest BCUT2D eigenvalue weighted by Gasteiger charge is 2.20. The minimum Gasteiger partial charge on any atom is -0.462 e. The van der Waals surface area contributed by atoms with Crippen molar-refractivity contribution in [2.24, 2.45) is 0 Å². The number of fused-ring (bicyclic) bond motifs is 1. The molecule has 0 saturated heterocycles. The van der Waals surface area contributed by atoms with Crippen LogP contribution >= 0.6 is 11.3 Å². The molecule has 134 valence electrons. The second kappa shape index (κ2) is 7.04. The topological polar surface area (TPSA) is 101 Å². The summed E-state index contributed by atoms with van der Waals surface area (Å²) in [6, 6.07) is 4.04. The lowest BCUT2D eigenvalue weighted by molar-refractivity contribution is 0.0531. The van der Waals surface area contributed by atoms with Crippen molar-refractivity contribution in [3.63, 3.8) is 0 Å². The van der Waals surface area contributed by atoms with Crippen molar-refractivity contribution >= 4 is 39.2 Å². The molecule has 2 aromatic heterocycles. The summed E-state index contributed by atoms with van der Waals surface area (Å²) in [6.07, 6.45) is 1.15. The van der Waals surface area contributed by atoms with E-state index in [0.29, 0.717) is 5.69 Å². The van der Waals surface area contributed by atoms with Gasteiger partial charge in [-0.05, 0) is 26.0 Å². The van der Waals surface area contributed by atoms with Crippen molar-refractivity contribution in [2.45, 2.75) is 13.8 Å². The zero-order chi connectivity index (χ0) is 18.8. The van der Waals surface area contributed by atoms with E-state index < -0.39 is 23.1 Å². The monoisotopic (exact) mass is 375 g/mol. The van der Waals surface area contributed by atoms with Crippen LogP contribution in [0, 0.1) is 12.7 Å². The minimum atomic E-state index is -0.707. The van der Waals surface area contributed by atoms with Crippen molar-refractivity contribution in [2.75, 3.05) is 11.9 Å². The van der Waals surface area contributed by atoms with E-state index >= 15 is 0 Å². The van der Waals surface area contributed by atoms with Crippen LogP contribution in [0.2, 0.25) is 0 Å². The molecular weight excluding hydrogens is 361 g/mol. The molecule has 0 spiro atoms. The normalized spacial score (nSPS) is 10.7. The molecule has 1 amide bonds. The van der Waals surface area contributed by atoms with E-state index in [4.69, 9.17) is 4.74 Å². The number of hydrogen-bond acceptors (Lipinski definition) is 6. The Bertz CT molecular complexity index is 1070. The second-order valence-corrected chi connectivity index (χ2v) is 6.30. The molecule has 0 aliphatic carbocycles. The zero-order valence-electron chi connectivity index (χ0n) is 13.9. The molecule has 0 fully saturated rings. The third kappa shape index (κ3) is 3.21. The zero-order valence-corrected chi connectivity index (χ0v) is 14.7. The van der Waals surface area contributed by atoms with Gasteiger partial charge in [-0.1, -0.05) is 17.4 Å². The van der Waals surface area contributed by atoms with E-state index in [1.165, 1.54) is 18.2 Å². The van der Waals surface area contributed by atoms with E-state index in [9.17, 15) is 18.8 Å². The average molecular weight is 375 g/mol. The number of H-pyrrole nitrogens is 1. The van der Waals surface area contributed by atoms with Gasteiger partial charge in [0.1, 0.15) is 16.3 Å². The largest absolute Gasteiger partial charge is 0.462 e. The van der Waals surface area contributed by atoms with E-state index in [0.717, 1.165) is 17.5 Å². The lowest BCUT2D eigenvalue weighted by Gasteiger charge is -2.04. The number of anilines is 1. The van der Waals surface area contributed by atoms with Crippen LogP contribution in [-0.2, 0) is 4.74 Å². The standard InChI is InChI=1S/C17H14FN3O4S/c1-3-25-16(24)14-8(2)20-17(26-14)21-15(23)10-7-19-12-9(13(10)22)5-4-6-11(12)18/h4-7H,3H2,1-2H3,(H,19,22)(H,20,21,23). The maximum atomic E-state index is 13.7. The molecule has 3 rings (SSSR count). The number of rotatable bonds is 4. The van der Waals surface area contributed by atoms with Gasteiger partial charge in [-0.15, -0.1) is 0 Å². The number of ether oxygens (including phenoxy) is 1. The molecule has 2 N–H and O–H groups in total. The maximum absolute atomic E-state index is 13.7. The number of amides is 1.